The van der Waals surface area contributed by atoms with Crippen molar-refractivity contribution in [2.75, 3.05) is 51.4 Å². The predicted molar refractivity (Wildman–Crippen MR) is 172 cm³/mol. The molecule has 1 amide bonds. The summed E-state index contributed by atoms with van der Waals surface area (Å²) >= 11 is 0. The van der Waals surface area contributed by atoms with E-state index >= 15 is 0 Å². The third-order valence-electron chi connectivity index (χ3n) is 8.83. The van der Waals surface area contributed by atoms with Gasteiger partial charge in [0.05, 0.1) is 13.2 Å². The molecule has 1 aromatic carbocycles. The van der Waals surface area contributed by atoms with Crippen molar-refractivity contribution >= 4 is 11.8 Å². The Hall–Kier alpha value is -1.75. The monoisotopic (exact) mass is 618 g/mol. The highest BCUT2D eigenvalue weighted by molar-refractivity contribution is 5.84. The van der Waals surface area contributed by atoms with Crippen LogP contribution in [0.3, 0.4) is 0 Å². The van der Waals surface area contributed by atoms with E-state index in [4.69, 9.17) is 28.4 Å². The van der Waals surface area contributed by atoms with E-state index in [1.807, 2.05) is 45.0 Å². The van der Waals surface area contributed by atoms with Crippen LogP contribution in [0.1, 0.15) is 103 Å². The number of nitrogens with one attached hydrogen (secondary N) is 1. The van der Waals surface area contributed by atoms with Crippen LogP contribution < -0.4 is 5.32 Å². The first-order valence-corrected chi connectivity index (χ1v) is 17.3. The molecule has 3 aliphatic heterocycles. The molecule has 9 heteroatoms. The third kappa shape index (κ3) is 11.0. The van der Waals surface area contributed by atoms with Crippen molar-refractivity contribution in [3.63, 3.8) is 0 Å². The van der Waals surface area contributed by atoms with Gasteiger partial charge in [-0.1, -0.05) is 82.4 Å². The number of morpholine rings is 1. The lowest BCUT2D eigenvalue weighted by Gasteiger charge is -2.29. The number of benzene rings is 1. The van der Waals surface area contributed by atoms with Gasteiger partial charge in [-0.2, -0.15) is 0 Å². The summed E-state index contributed by atoms with van der Waals surface area (Å²) in [6.45, 7) is 13.2. The lowest BCUT2D eigenvalue weighted by atomic mass is 10.0. The van der Waals surface area contributed by atoms with E-state index in [0.29, 0.717) is 18.7 Å². The second-order valence-corrected chi connectivity index (χ2v) is 13.2. The minimum Gasteiger partial charge on any atom is -0.440 e. The normalized spacial score (nSPS) is 26.5. The van der Waals surface area contributed by atoms with Gasteiger partial charge in [-0.3, -0.25) is 10.2 Å². The Balaban J connectivity index is 1.30. The highest BCUT2D eigenvalue weighted by Crippen LogP contribution is 2.47. The Kier molecular flexibility index (Phi) is 14.2. The van der Waals surface area contributed by atoms with Crippen molar-refractivity contribution in [1.82, 2.24) is 4.90 Å². The first-order valence-electron chi connectivity index (χ1n) is 17.3. The molecule has 250 valence electrons. The molecular weight excluding hydrogens is 560 g/mol. The molecule has 3 saturated heterocycles. The van der Waals surface area contributed by atoms with E-state index in [1.54, 1.807) is 0 Å². The van der Waals surface area contributed by atoms with Crippen LogP contribution in [0, 0.1) is 6.92 Å². The van der Waals surface area contributed by atoms with Gasteiger partial charge in [-0.15, -0.1) is 0 Å². The molecule has 3 heterocycles. The van der Waals surface area contributed by atoms with Crippen molar-refractivity contribution in [3.8, 4) is 0 Å². The minimum absolute atomic E-state index is 0.234. The summed E-state index contributed by atoms with van der Waals surface area (Å²) in [4.78, 5) is 15.5. The van der Waals surface area contributed by atoms with Crippen LogP contribution in [0.4, 0.5) is 10.5 Å². The number of anilines is 1. The number of nitrogens with zero attached hydrogens (tertiary/aromatic N) is 1. The third-order valence-corrected chi connectivity index (χ3v) is 8.83. The molecule has 0 spiro atoms. The molecule has 0 aromatic heterocycles. The molecule has 4 atom stereocenters. The number of rotatable bonds is 19. The van der Waals surface area contributed by atoms with Crippen LogP contribution in [-0.2, 0) is 28.4 Å². The largest absolute Gasteiger partial charge is 0.440 e. The summed E-state index contributed by atoms with van der Waals surface area (Å²) in [7, 11) is 0. The molecule has 1 aromatic rings. The lowest BCUT2D eigenvalue weighted by molar-refractivity contribution is -0.278. The lowest BCUT2D eigenvalue weighted by Crippen LogP contribution is -2.46. The zero-order valence-electron chi connectivity index (χ0n) is 27.8. The second-order valence-electron chi connectivity index (χ2n) is 13.2. The summed E-state index contributed by atoms with van der Waals surface area (Å²) < 4.78 is 37.2. The van der Waals surface area contributed by atoms with Crippen molar-refractivity contribution in [3.05, 3.63) is 29.8 Å². The first kappa shape index (κ1) is 35.1. The maximum atomic E-state index is 13.1. The standard InChI is InChI=1S/C35H58N2O7/c1-5-6-7-8-9-10-11-12-13-14-24-40-27-35-32(43-34(3,4)44-35)31(41-33(38)36-29-19-17-28(2)18-20-29)30(42-35)16-15-21-37-22-25-39-26-23-37/h17-20,30-32H,5-16,21-27H2,1-4H3,(H,36,38)/t30-,31+,32-,35-/m0/s1. The fourth-order valence-corrected chi connectivity index (χ4v) is 6.48. The van der Waals surface area contributed by atoms with Crippen LogP contribution in [0.2, 0.25) is 0 Å². The number of carbonyl (C=O) groups excluding carboxylic acids is 1. The molecule has 0 aliphatic carbocycles. The maximum Gasteiger partial charge on any atom is 0.412 e. The van der Waals surface area contributed by atoms with Crippen molar-refractivity contribution in [1.29, 1.82) is 0 Å². The first-order chi connectivity index (χ1) is 21.3. The summed E-state index contributed by atoms with van der Waals surface area (Å²) in [6, 6.07) is 7.64. The number of aryl methyl sites for hydroxylation is 1. The molecule has 0 saturated carbocycles. The highest BCUT2D eigenvalue weighted by Gasteiger charge is 2.66. The van der Waals surface area contributed by atoms with Gasteiger partial charge >= 0.3 is 6.09 Å². The van der Waals surface area contributed by atoms with Crippen molar-refractivity contribution < 1.29 is 33.2 Å². The van der Waals surface area contributed by atoms with Gasteiger partial charge in [0.2, 0.25) is 5.79 Å². The van der Waals surface area contributed by atoms with Crippen molar-refractivity contribution in [2.24, 2.45) is 0 Å². The number of fused-ring (bicyclic) bond motifs is 1. The van der Waals surface area contributed by atoms with Gasteiger partial charge in [0.25, 0.3) is 0 Å². The van der Waals surface area contributed by atoms with Crippen LogP contribution in [0.25, 0.3) is 0 Å². The quantitative estimate of drug-likeness (QED) is 0.163. The summed E-state index contributed by atoms with van der Waals surface area (Å²) in [5.74, 6) is -2.01. The van der Waals surface area contributed by atoms with E-state index in [-0.39, 0.29) is 12.7 Å². The van der Waals surface area contributed by atoms with E-state index in [0.717, 1.165) is 57.7 Å². The molecule has 4 rings (SSSR count). The topological polar surface area (TPSA) is 87.7 Å². The van der Waals surface area contributed by atoms with Gasteiger partial charge in [-0.25, -0.2) is 4.79 Å². The predicted octanol–water partition coefficient (Wildman–Crippen LogP) is 7.21. The molecular formula is C35H58N2O7. The smallest absolute Gasteiger partial charge is 0.412 e. The van der Waals surface area contributed by atoms with E-state index in [2.05, 4.69) is 17.1 Å². The van der Waals surface area contributed by atoms with Crippen LogP contribution >= 0.6 is 0 Å². The fraction of sp³-hybridized carbons (Fsp3) is 0.800. The van der Waals surface area contributed by atoms with Gasteiger partial charge in [0, 0.05) is 25.4 Å². The Labute approximate surface area is 265 Å². The minimum atomic E-state index is -1.12. The van der Waals surface area contributed by atoms with E-state index in [1.165, 1.54) is 51.4 Å². The molecule has 0 radical (unpaired) electrons. The average Bonchev–Trinajstić information content (AvgIpc) is 3.41. The van der Waals surface area contributed by atoms with Gasteiger partial charge < -0.3 is 28.4 Å². The van der Waals surface area contributed by atoms with Crippen molar-refractivity contribution in [2.45, 2.75) is 135 Å². The van der Waals surface area contributed by atoms with E-state index < -0.39 is 29.9 Å². The van der Waals surface area contributed by atoms with E-state index in [9.17, 15) is 4.79 Å². The molecule has 3 fully saturated rings. The van der Waals surface area contributed by atoms with Crippen LogP contribution in [0.5, 0.6) is 0 Å². The maximum absolute atomic E-state index is 13.1. The highest BCUT2D eigenvalue weighted by atomic mass is 16.9. The number of unbranched alkanes of at least 4 members (excludes halogenated alkanes) is 9. The Morgan fingerprint density at radius 1 is 0.932 bits per heavy atom. The molecule has 9 nitrogen and oxygen atoms in total. The number of carbonyl (C=O) groups is 1. The Morgan fingerprint density at radius 3 is 2.27 bits per heavy atom. The summed E-state index contributed by atoms with van der Waals surface area (Å²) in [5.41, 5.74) is 1.80. The Bertz CT molecular complexity index is 968. The zero-order valence-corrected chi connectivity index (χ0v) is 27.8. The molecule has 0 bridgehead atoms. The number of ether oxygens (including phenoxy) is 6. The second kappa shape index (κ2) is 17.8. The Morgan fingerprint density at radius 2 is 1.59 bits per heavy atom. The average molecular weight is 619 g/mol. The molecule has 0 unspecified atom stereocenters. The zero-order chi connectivity index (χ0) is 31.3. The molecule has 44 heavy (non-hydrogen) atoms. The van der Waals surface area contributed by atoms with Crippen LogP contribution in [-0.4, -0.2) is 86.9 Å². The number of amides is 1. The summed E-state index contributed by atoms with van der Waals surface area (Å²) in [6.07, 6.45) is 12.3. The SMILES string of the molecule is CCCCCCCCCCCCOC[C@@]12O[C@@H](CCCN3CCOCC3)[C@@H](OC(=O)Nc3ccc(C)cc3)[C@@H]1OC(C)(C)O2. The number of hydrogen-bond acceptors (Lipinski definition) is 8. The van der Waals surface area contributed by atoms with Gasteiger partial charge in [-0.05, 0) is 58.7 Å². The van der Waals surface area contributed by atoms with Crippen LogP contribution in [0.15, 0.2) is 24.3 Å². The molecule has 3 aliphatic rings. The van der Waals surface area contributed by atoms with Gasteiger partial charge in [0.15, 0.2) is 18.0 Å². The number of hydrogen-bond donors (Lipinski definition) is 1. The summed E-state index contributed by atoms with van der Waals surface area (Å²) in [5, 5.41) is 2.86. The molecule has 1 N–H and O–H groups in total. The van der Waals surface area contributed by atoms with Gasteiger partial charge in [0.1, 0.15) is 12.7 Å². The fourth-order valence-electron chi connectivity index (χ4n) is 6.48.